The van der Waals surface area contributed by atoms with Crippen LogP contribution in [-0.2, 0) is 0 Å². The summed E-state index contributed by atoms with van der Waals surface area (Å²) < 4.78 is 0. The van der Waals surface area contributed by atoms with Crippen LogP contribution in [0, 0.1) is 0 Å². The maximum Gasteiger partial charge on any atom is 0.338 e. The average molecular weight is 267 g/mol. The summed E-state index contributed by atoms with van der Waals surface area (Å²) in [6.45, 7) is 0. The largest absolute Gasteiger partial charge is 0.478 e. The van der Waals surface area contributed by atoms with Crippen molar-refractivity contribution in [3.63, 3.8) is 0 Å². The van der Waals surface area contributed by atoms with Crippen molar-refractivity contribution >= 4 is 5.97 Å². The van der Waals surface area contributed by atoms with Gasteiger partial charge in [0.05, 0.1) is 11.8 Å². The Kier molecular flexibility index (Phi) is 2.92. The number of aromatic nitrogens is 5. The zero-order valence-electron chi connectivity index (χ0n) is 10.2. The van der Waals surface area contributed by atoms with Gasteiger partial charge in [-0.1, -0.05) is 30.3 Å². The minimum Gasteiger partial charge on any atom is -0.478 e. The van der Waals surface area contributed by atoms with E-state index in [4.69, 9.17) is 5.11 Å². The second kappa shape index (κ2) is 4.88. The number of nitrogens with zero attached hydrogens (tertiary/aromatic N) is 5. The van der Waals surface area contributed by atoms with E-state index in [0.29, 0.717) is 5.82 Å². The number of tetrazole rings is 1. The summed E-state index contributed by atoms with van der Waals surface area (Å²) in [4.78, 5) is 16.2. The minimum atomic E-state index is -1.07. The van der Waals surface area contributed by atoms with Crippen molar-refractivity contribution in [2.75, 3.05) is 0 Å². The fourth-order valence-electron chi connectivity index (χ4n) is 1.75. The van der Waals surface area contributed by atoms with Crippen LogP contribution in [0.1, 0.15) is 10.4 Å². The molecule has 0 atom stereocenters. The molecule has 98 valence electrons. The third kappa shape index (κ3) is 2.12. The van der Waals surface area contributed by atoms with Crippen molar-refractivity contribution in [3.8, 4) is 17.1 Å². The van der Waals surface area contributed by atoms with E-state index in [1.54, 1.807) is 0 Å². The molecule has 20 heavy (non-hydrogen) atoms. The van der Waals surface area contributed by atoms with Crippen LogP contribution in [0.4, 0.5) is 0 Å². The van der Waals surface area contributed by atoms with Crippen LogP contribution >= 0.6 is 0 Å². The molecule has 1 N–H and O–H groups in total. The monoisotopic (exact) mass is 267 g/mol. The normalized spacial score (nSPS) is 10.4. The van der Waals surface area contributed by atoms with Gasteiger partial charge in [0.1, 0.15) is 5.69 Å². The summed E-state index contributed by atoms with van der Waals surface area (Å²) in [7, 11) is 0. The molecular weight excluding hydrogens is 258 g/mol. The van der Waals surface area contributed by atoms with Gasteiger partial charge < -0.3 is 5.11 Å². The Hall–Kier alpha value is -3.09. The van der Waals surface area contributed by atoms with Gasteiger partial charge in [0.2, 0.25) is 5.82 Å². The molecule has 0 bridgehead atoms. The number of rotatable bonds is 3. The molecule has 0 saturated carbocycles. The Balaban J connectivity index is 2.05. The van der Waals surface area contributed by atoms with Crippen LogP contribution in [0.2, 0.25) is 0 Å². The zero-order chi connectivity index (χ0) is 13.9. The molecular formula is C13H9N5O2. The van der Waals surface area contributed by atoms with Gasteiger partial charge in [-0.05, 0) is 11.3 Å². The molecule has 1 aromatic carbocycles. The molecule has 0 unspecified atom stereocenters. The Labute approximate surface area is 113 Å². The molecule has 7 nitrogen and oxygen atoms in total. The molecule has 0 aliphatic rings. The summed E-state index contributed by atoms with van der Waals surface area (Å²) >= 11 is 0. The summed E-state index contributed by atoms with van der Waals surface area (Å²) in [6.07, 6.45) is 2.79. The predicted molar refractivity (Wildman–Crippen MR) is 69.3 cm³/mol. The SMILES string of the molecule is O=C(O)c1ccncc1-n1nnc(-c2ccccc2)n1. The average Bonchev–Trinajstić information content (AvgIpc) is 2.98. The van der Waals surface area contributed by atoms with Gasteiger partial charge in [0.25, 0.3) is 0 Å². The first-order valence-corrected chi connectivity index (χ1v) is 5.79. The first kappa shape index (κ1) is 12.0. The quantitative estimate of drug-likeness (QED) is 0.771. The highest BCUT2D eigenvalue weighted by Crippen LogP contribution is 2.15. The number of carboxylic acid groups (broad SMARTS) is 1. The molecule has 7 heteroatoms. The highest BCUT2D eigenvalue weighted by Gasteiger charge is 2.14. The van der Waals surface area contributed by atoms with Crippen LogP contribution in [0.15, 0.2) is 48.8 Å². The summed E-state index contributed by atoms with van der Waals surface area (Å²) in [5, 5.41) is 21.1. The van der Waals surface area contributed by atoms with Gasteiger partial charge in [-0.15, -0.1) is 15.0 Å². The molecule has 2 heterocycles. The highest BCUT2D eigenvalue weighted by molar-refractivity contribution is 5.91. The molecule has 0 amide bonds. The van der Waals surface area contributed by atoms with E-state index in [1.807, 2.05) is 30.3 Å². The van der Waals surface area contributed by atoms with Crippen LogP contribution in [0.25, 0.3) is 17.1 Å². The molecule has 3 rings (SSSR count). The summed E-state index contributed by atoms with van der Waals surface area (Å²) in [6, 6.07) is 10.7. The van der Waals surface area contributed by atoms with Crippen LogP contribution in [0.5, 0.6) is 0 Å². The lowest BCUT2D eigenvalue weighted by molar-refractivity contribution is 0.0696. The lowest BCUT2D eigenvalue weighted by atomic mass is 10.2. The van der Waals surface area contributed by atoms with Crippen LogP contribution in [-0.4, -0.2) is 36.3 Å². The van der Waals surface area contributed by atoms with E-state index in [1.165, 1.54) is 23.3 Å². The fraction of sp³-hybridized carbons (Fsp3) is 0. The summed E-state index contributed by atoms with van der Waals surface area (Å²) in [5.41, 5.74) is 1.14. The van der Waals surface area contributed by atoms with E-state index in [2.05, 4.69) is 20.4 Å². The fourth-order valence-corrected chi connectivity index (χ4v) is 1.75. The molecule has 0 radical (unpaired) electrons. The second-order valence-corrected chi connectivity index (χ2v) is 3.97. The molecule has 0 saturated heterocycles. The number of pyridine rings is 1. The number of aromatic carboxylic acids is 1. The van der Waals surface area contributed by atoms with Crippen molar-refractivity contribution in [3.05, 3.63) is 54.4 Å². The lowest BCUT2D eigenvalue weighted by Gasteiger charge is -2.01. The van der Waals surface area contributed by atoms with Crippen molar-refractivity contribution in [2.45, 2.75) is 0 Å². The van der Waals surface area contributed by atoms with E-state index in [-0.39, 0.29) is 11.3 Å². The molecule has 0 aliphatic carbocycles. The van der Waals surface area contributed by atoms with E-state index < -0.39 is 5.97 Å². The van der Waals surface area contributed by atoms with Gasteiger partial charge in [0.15, 0.2) is 0 Å². The molecule has 3 aromatic rings. The summed E-state index contributed by atoms with van der Waals surface area (Å²) in [5.74, 6) is -0.647. The standard InChI is InChI=1S/C13H9N5O2/c19-13(20)10-6-7-14-8-11(10)18-16-12(15-17-18)9-4-2-1-3-5-9/h1-8H,(H,19,20). The highest BCUT2D eigenvalue weighted by atomic mass is 16.4. The predicted octanol–water partition coefficient (Wildman–Crippen LogP) is 1.42. The Morgan fingerprint density at radius 1 is 1.15 bits per heavy atom. The number of hydrogen-bond donors (Lipinski definition) is 1. The molecule has 0 fully saturated rings. The minimum absolute atomic E-state index is 0.0667. The van der Waals surface area contributed by atoms with Crippen molar-refractivity contribution in [1.29, 1.82) is 0 Å². The zero-order valence-corrected chi connectivity index (χ0v) is 10.2. The van der Waals surface area contributed by atoms with Gasteiger partial charge in [-0.25, -0.2) is 4.79 Å². The van der Waals surface area contributed by atoms with Gasteiger partial charge in [0, 0.05) is 11.8 Å². The Bertz CT molecular complexity index is 754. The molecule has 2 aromatic heterocycles. The first-order valence-electron chi connectivity index (χ1n) is 5.79. The lowest BCUT2D eigenvalue weighted by Crippen LogP contribution is -2.08. The van der Waals surface area contributed by atoms with Crippen molar-refractivity contribution in [2.24, 2.45) is 0 Å². The second-order valence-electron chi connectivity index (χ2n) is 3.97. The topological polar surface area (TPSA) is 93.8 Å². The van der Waals surface area contributed by atoms with Crippen molar-refractivity contribution < 1.29 is 9.90 Å². The van der Waals surface area contributed by atoms with Gasteiger partial charge >= 0.3 is 5.97 Å². The van der Waals surface area contributed by atoms with E-state index >= 15 is 0 Å². The Morgan fingerprint density at radius 2 is 1.95 bits per heavy atom. The number of benzene rings is 1. The van der Waals surface area contributed by atoms with E-state index in [0.717, 1.165) is 5.56 Å². The maximum atomic E-state index is 11.2. The van der Waals surface area contributed by atoms with Gasteiger partial charge in [-0.2, -0.15) is 0 Å². The van der Waals surface area contributed by atoms with Crippen LogP contribution < -0.4 is 0 Å². The van der Waals surface area contributed by atoms with Gasteiger partial charge in [-0.3, -0.25) is 4.98 Å². The first-order chi connectivity index (χ1) is 9.75. The third-order valence-corrected chi connectivity index (χ3v) is 2.69. The number of carbonyl (C=O) groups is 1. The number of hydrogen-bond acceptors (Lipinski definition) is 5. The maximum absolute atomic E-state index is 11.2. The van der Waals surface area contributed by atoms with Crippen molar-refractivity contribution in [1.82, 2.24) is 25.2 Å². The molecule has 0 aliphatic heterocycles. The van der Waals surface area contributed by atoms with E-state index in [9.17, 15) is 4.79 Å². The smallest absolute Gasteiger partial charge is 0.338 e. The Morgan fingerprint density at radius 3 is 2.70 bits per heavy atom. The number of carboxylic acids is 1. The third-order valence-electron chi connectivity index (χ3n) is 2.69. The molecule has 0 spiro atoms. The van der Waals surface area contributed by atoms with Crippen LogP contribution in [0.3, 0.4) is 0 Å².